The molecule has 5 nitrogen and oxygen atoms in total. The first kappa shape index (κ1) is 22.8. The Kier molecular flexibility index (Phi) is 4.63. The van der Waals surface area contributed by atoms with Crippen LogP contribution < -0.4 is 0 Å². The minimum atomic E-state index is -0.958. The summed E-state index contributed by atoms with van der Waals surface area (Å²) in [5.74, 6) is 0.937. The van der Waals surface area contributed by atoms with Crippen LogP contribution >= 0.6 is 0 Å². The number of hydrogen-bond acceptors (Lipinski definition) is 4. The Bertz CT molecular complexity index is 1360. The van der Waals surface area contributed by atoms with E-state index in [2.05, 4.69) is 48.3 Å². The molecule has 0 amide bonds. The molecule has 6 aliphatic rings. The van der Waals surface area contributed by atoms with Crippen molar-refractivity contribution >= 4 is 10.8 Å². The fourth-order valence-corrected chi connectivity index (χ4v) is 9.31. The Labute approximate surface area is 217 Å². The number of ether oxygens (including phenoxy) is 2. The lowest BCUT2D eigenvalue weighted by Gasteiger charge is -2.54. The molecule has 2 aromatic rings. The number of halogens is 1. The summed E-state index contributed by atoms with van der Waals surface area (Å²) < 4.78 is 27.3. The van der Waals surface area contributed by atoms with Crippen LogP contribution in [0.3, 0.4) is 0 Å². The summed E-state index contributed by atoms with van der Waals surface area (Å²) in [5.41, 5.74) is 3.45. The fraction of sp³-hybridized carbons (Fsp3) is 0.581. The van der Waals surface area contributed by atoms with Crippen molar-refractivity contribution in [3.05, 3.63) is 65.5 Å². The molecule has 194 valence electrons. The van der Waals surface area contributed by atoms with Gasteiger partial charge in [0, 0.05) is 24.2 Å². The summed E-state index contributed by atoms with van der Waals surface area (Å²) in [6, 6.07) is 9.02. The van der Waals surface area contributed by atoms with Crippen LogP contribution in [0.15, 0.2) is 60.0 Å². The number of hydroxylamine groups is 3. The highest BCUT2D eigenvalue weighted by molar-refractivity contribution is 5.82. The van der Waals surface area contributed by atoms with Gasteiger partial charge in [0.15, 0.2) is 6.17 Å². The normalized spacial score (nSPS) is 46.2. The van der Waals surface area contributed by atoms with Gasteiger partial charge in [0.2, 0.25) is 6.23 Å². The van der Waals surface area contributed by atoms with Crippen LogP contribution in [-0.2, 0) is 9.47 Å². The highest BCUT2D eigenvalue weighted by atomic mass is 19.1. The van der Waals surface area contributed by atoms with Gasteiger partial charge in [0.1, 0.15) is 18.7 Å². The third-order valence-corrected chi connectivity index (χ3v) is 11.2. The molecule has 0 radical (unpaired) electrons. The van der Waals surface area contributed by atoms with E-state index in [1.54, 1.807) is 0 Å². The lowest BCUT2D eigenvalue weighted by atomic mass is 9.58. The second-order valence-electron chi connectivity index (χ2n) is 12.9. The molecule has 1 saturated carbocycles. The predicted octanol–water partition coefficient (Wildman–Crippen LogP) is 5.99. The average Bonchev–Trinajstić information content (AvgIpc) is 3.55. The van der Waals surface area contributed by atoms with Crippen molar-refractivity contribution in [2.75, 3.05) is 19.7 Å². The number of quaternary nitrogens is 1. The quantitative estimate of drug-likeness (QED) is 0.512. The smallest absolute Gasteiger partial charge is 0.226 e. The Hall–Kier alpha value is -2.12. The number of benzene rings is 1. The first-order valence-corrected chi connectivity index (χ1v) is 14.1. The summed E-state index contributed by atoms with van der Waals surface area (Å²) in [5, 5.41) is 13.7. The molecule has 37 heavy (non-hydrogen) atoms. The van der Waals surface area contributed by atoms with E-state index in [0.29, 0.717) is 37.8 Å². The molecule has 1 aromatic carbocycles. The number of aromatic nitrogens is 1. The van der Waals surface area contributed by atoms with Crippen LogP contribution in [0.25, 0.3) is 10.8 Å². The van der Waals surface area contributed by atoms with Gasteiger partial charge in [-0.3, -0.25) is 4.98 Å². The molecular formula is C31H36FN2O3+. The zero-order valence-corrected chi connectivity index (χ0v) is 21.5. The average molecular weight is 504 g/mol. The zero-order valence-electron chi connectivity index (χ0n) is 21.5. The Morgan fingerprint density at radius 1 is 1.14 bits per heavy atom. The summed E-state index contributed by atoms with van der Waals surface area (Å²) in [6.07, 6.45) is 13.7. The Morgan fingerprint density at radius 2 is 2.05 bits per heavy atom. The Balaban J connectivity index is 1.14. The molecule has 2 spiro atoms. The minimum Gasteiger partial charge on any atom is -0.359 e. The molecule has 2 bridgehead atoms. The predicted molar refractivity (Wildman–Crippen MR) is 138 cm³/mol. The highest BCUT2D eigenvalue weighted by Gasteiger charge is 2.68. The third kappa shape index (κ3) is 3.01. The van der Waals surface area contributed by atoms with Gasteiger partial charge in [0.05, 0.1) is 18.6 Å². The van der Waals surface area contributed by atoms with Gasteiger partial charge in [0.25, 0.3) is 0 Å². The summed E-state index contributed by atoms with van der Waals surface area (Å²) in [6.45, 7) is 3.50. The third-order valence-electron chi connectivity index (χ3n) is 11.2. The molecule has 8 rings (SSSR count). The first-order chi connectivity index (χ1) is 17.8. The summed E-state index contributed by atoms with van der Waals surface area (Å²) in [4.78, 5) is 4.36. The second-order valence-corrected chi connectivity index (χ2v) is 12.9. The molecule has 1 N–H and O–H groups in total. The molecule has 3 saturated heterocycles. The molecule has 2 aliphatic carbocycles. The zero-order chi connectivity index (χ0) is 25.0. The lowest BCUT2D eigenvalue weighted by Crippen LogP contribution is -2.61. The van der Waals surface area contributed by atoms with Crippen LogP contribution in [-0.4, -0.2) is 58.1 Å². The first-order valence-electron chi connectivity index (χ1n) is 14.1. The maximum absolute atomic E-state index is 14.1. The van der Waals surface area contributed by atoms with Crippen LogP contribution in [0.2, 0.25) is 0 Å². The number of allylic oxidation sites excluding steroid dienone is 1. The topological polar surface area (TPSA) is 51.6 Å². The van der Waals surface area contributed by atoms with E-state index in [9.17, 15) is 9.60 Å². The number of fused-ring (bicyclic) bond motifs is 2. The van der Waals surface area contributed by atoms with Gasteiger partial charge in [-0.2, -0.15) is 4.65 Å². The van der Waals surface area contributed by atoms with Crippen molar-refractivity contribution in [3.8, 4) is 0 Å². The van der Waals surface area contributed by atoms with Crippen LogP contribution in [0.4, 0.5) is 4.39 Å². The molecular weight excluding hydrogens is 467 g/mol. The number of nitrogens with zero attached hydrogens (tertiary/aromatic N) is 2. The molecule has 5 heterocycles. The van der Waals surface area contributed by atoms with Crippen molar-refractivity contribution in [2.24, 2.45) is 11.3 Å². The second kappa shape index (κ2) is 7.50. The maximum atomic E-state index is 14.1. The molecule has 4 unspecified atom stereocenters. The minimum absolute atomic E-state index is 0.125. The van der Waals surface area contributed by atoms with E-state index in [1.165, 1.54) is 33.9 Å². The fourth-order valence-electron chi connectivity index (χ4n) is 9.31. The van der Waals surface area contributed by atoms with Gasteiger partial charge < -0.3 is 9.47 Å². The van der Waals surface area contributed by atoms with E-state index < -0.39 is 18.0 Å². The van der Waals surface area contributed by atoms with Gasteiger partial charge in [-0.25, -0.2) is 9.60 Å². The lowest BCUT2D eigenvalue weighted by molar-refractivity contribution is -1.13. The largest absolute Gasteiger partial charge is 0.359 e. The molecule has 1 aromatic heterocycles. The van der Waals surface area contributed by atoms with E-state index in [0.717, 1.165) is 25.7 Å². The molecule has 4 aliphatic heterocycles. The van der Waals surface area contributed by atoms with Gasteiger partial charge in [-0.1, -0.05) is 31.2 Å². The van der Waals surface area contributed by atoms with Crippen molar-refractivity contribution in [3.63, 3.8) is 0 Å². The maximum Gasteiger partial charge on any atom is 0.226 e. The number of rotatable bonds is 2. The SMILES string of the molecule is CC12CC=C3C=C4CO[C@@H]([N+]5(O)CCC(F)C5)C[C@]45CC[C@]3(O5)[C@@H]1CCC2c1ccc2ccncc2c1. The van der Waals surface area contributed by atoms with Crippen molar-refractivity contribution in [2.45, 2.75) is 81.4 Å². The van der Waals surface area contributed by atoms with Gasteiger partial charge in [-0.05, 0) is 83.6 Å². The number of hydrogen-bond donors (Lipinski definition) is 1. The van der Waals surface area contributed by atoms with Crippen molar-refractivity contribution in [1.82, 2.24) is 4.98 Å². The molecule has 4 fully saturated rings. The van der Waals surface area contributed by atoms with Crippen LogP contribution in [0, 0.1) is 11.3 Å². The van der Waals surface area contributed by atoms with Gasteiger partial charge in [-0.15, -0.1) is 0 Å². The van der Waals surface area contributed by atoms with E-state index in [-0.39, 0.29) is 22.2 Å². The number of likely N-dealkylation sites (tertiary alicyclic amines) is 1. The standard InChI is InChI=1S/C31H36FN2O3/c1-29-9-6-23-15-24-19-36-28(34(35)13-8-25(32)18-34)16-30(24)10-11-31(23,37-30)27(29)5-4-26(29)21-3-2-20-7-12-33-17-22(20)14-21/h2-3,6-7,12,14-15,17,25-28,35H,4-5,8-11,13,16,18-19H2,1H3/q+1/t25?,26?,27-,28-,29?,30-,31-,34?/m1/s1. The summed E-state index contributed by atoms with van der Waals surface area (Å²) >= 11 is 0. The summed E-state index contributed by atoms with van der Waals surface area (Å²) in [7, 11) is 0. The van der Waals surface area contributed by atoms with E-state index in [4.69, 9.17) is 9.47 Å². The number of pyridine rings is 1. The highest BCUT2D eigenvalue weighted by Crippen LogP contribution is 2.69. The number of alkyl halides is 1. The van der Waals surface area contributed by atoms with Gasteiger partial charge >= 0.3 is 0 Å². The van der Waals surface area contributed by atoms with Crippen LogP contribution in [0.5, 0.6) is 0 Å². The Morgan fingerprint density at radius 3 is 2.92 bits per heavy atom. The molecule has 6 heteroatoms. The van der Waals surface area contributed by atoms with Crippen molar-refractivity contribution in [1.29, 1.82) is 0 Å². The van der Waals surface area contributed by atoms with E-state index in [1.807, 2.05) is 12.4 Å². The van der Waals surface area contributed by atoms with Crippen molar-refractivity contribution < 1.29 is 23.7 Å². The van der Waals surface area contributed by atoms with Crippen LogP contribution in [0.1, 0.15) is 63.4 Å². The molecule has 8 atom stereocenters. The van der Waals surface area contributed by atoms with E-state index >= 15 is 0 Å². The monoisotopic (exact) mass is 503 g/mol.